The number of thiophene rings is 1. The first-order valence-corrected chi connectivity index (χ1v) is 10.8. The summed E-state index contributed by atoms with van der Waals surface area (Å²) in [6, 6.07) is 12.3. The van der Waals surface area contributed by atoms with Crippen molar-refractivity contribution in [3.63, 3.8) is 0 Å². The van der Waals surface area contributed by atoms with Crippen LogP contribution in [-0.4, -0.2) is 69.5 Å². The van der Waals surface area contributed by atoms with Crippen LogP contribution >= 0.6 is 11.3 Å². The molecule has 1 amide bonds. The summed E-state index contributed by atoms with van der Waals surface area (Å²) in [6.45, 7) is 4.31. The van der Waals surface area contributed by atoms with Crippen LogP contribution in [0.25, 0.3) is 0 Å². The van der Waals surface area contributed by atoms with Crippen molar-refractivity contribution in [2.45, 2.75) is 19.4 Å². The highest BCUT2D eigenvalue weighted by molar-refractivity contribution is 7.10. The number of benzene rings is 1. The van der Waals surface area contributed by atoms with Crippen molar-refractivity contribution in [1.29, 1.82) is 0 Å². The highest BCUT2D eigenvalue weighted by Gasteiger charge is 2.15. The summed E-state index contributed by atoms with van der Waals surface area (Å²) in [5.41, 5.74) is 1.85. The molecule has 1 heterocycles. The second-order valence-corrected chi connectivity index (χ2v) is 8.27. The van der Waals surface area contributed by atoms with E-state index in [1.807, 2.05) is 18.2 Å². The number of carbonyl (C=O) groups is 1. The van der Waals surface area contributed by atoms with E-state index in [2.05, 4.69) is 60.1 Å². The highest BCUT2D eigenvalue weighted by atomic mass is 32.1. The lowest BCUT2D eigenvalue weighted by molar-refractivity contribution is 0.0827. The van der Waals surface area contributed by atoms with Crippen LogP contribution in [0.1, 0.15) is 33.8 Å². The fourth-order valence-corrected chi connectivity index (χ4v) is 3.87. The molecule has 0 fully saturated rings. The van der Waals surface area contributed by atoms with Crippen molar-refractivity contribution < 1.29 is 4.79 Å². The first-order valence-electron chi connectivity index (χ1n) is 9.95. The molecule has 1 unspecified atom stereocenters. The number of likely N-dealkylation sites (N-methyl/N-ethyl adjacent to an activating group) is 1. The van der Waals surface area contributed by atoms with Crippen LogP contribution in [0.3, 0.4) is 0 Å². The summed E-state index contributed by atoms with van der Waals surface area (Å²) < 4.78 is 0. The van der Waals surface area contributed by atoms with Crippen LogP contribution in [0.5, 0.6) is 0 Å². The fourth-order valence-electron chi connectivity index (χ4n) is 2.95. The Morgan fingerprint density at radius 1 is 1.14 bits per heavy atom. The van der Waals surface area contributed by atoms with Gasteiger partial charge < -0.3 is 20.4 Å². The normalized spacial score (nSPS) is 12.7. The third-order valence-electron chi connectivity index (χ3n) is 4.55. The molecule has 158 valence electrons. The summed E-state index contributed by atoms with van der Waals surface area (Å²) >= 11 is 1.76. The molecule has 2 aromatic rings. The molecule has 0 saturated carbocycles. The SMILES string of the molecule is CCNC(=NCC(c1cccs1)N(C)C)NCCc1cccc(C(=O)N(C)C)c1. The molecule has 29 heavy (non-hydrogen) atoms. The molecule has 2 N–H and O–H groups in total. The number of nitrogens with one attached hydrogen (secondary N) is 2. The Bertz CT molecular complexity index is 786. The smallest absolute Gasteiger partial charge is 0.253 e. The molecule has 1 aromatic heterocycles. The summed E-state index contributed by atoms with van der Waals surface area (Å²) in [6.07, 6.45) is 0.820. The van der Waals surface area contributed by atoms with Crippen molar-refractivity contribution in [2.75, 3.05) is 47.8 Å². The summed E-state index contributed by atoms with van der Waals surface area (Å²) in [4.78, 5) is 22.0. The van der Waals surface area contributed by atoms with E-state index in [1.165, 1.54) is 4.88 Å². The lowest BCUT2D eigenvalue weighted by Gasteiger charge is -2.22. The quantitative estimate of drug-likeness (QED) is 0.488. The molecule has 6 nitrogen and oxygen atoms in total. The van der Waals surface area contributed by atoms with E-state index >= 15 is 0 Å². The maximum atomic E-state index is 12.1. The average molecular weight is 416 g/mol. The Morgan fingerprint density at radius 2 is 1.93 bits per heavy atom. The van der Waals surface area contributed by atoms with E-state index in [0.717, 1.165) is 36.6 Å². The van der Waals surface area contributed by atoms with Crippen LogP contribution in [-0.2, 0) is 6.42 Å². The molecular formula is C22H33N5OS. The second kappa shape index (κ2) is 11.6. The molecule has 1 atom stereocenters. The zero-order chi connectivity index (χ0) is 21.2. The van der Waals surface area contributed by atoms with Gasteiger partial charge >= 0.3 is 0 Å². The number of nitrogens with zero attached hydrogens (tertiary/aromatic N) is 3. The van der Waals surface area contributed by atoms with Crippen molar-refractivity contribution in [3.05, 3.63) is 57.8 Å². The Balaban J connectivity index is 1.96. The Morgan fingerprint density at radius 3 is 2.55 bits per heavy atom. The topological polar surface area (TPSA) is 60.0 Å². The monoisotopic (exact) mass is 415 g/mol. The van der Waals surface area contributed by atoms with E-state index in [9.17, 15) is 4.79 Å². The van der Waals surface area contributed by atoms with E-state index in [-0.39, 0.29) is 11.9 Å². The van der Waals surface area contributed by atoms with Gasteiger partial charge in [0.2, 0.25) is 0 Å². The van der Waals surface area contributed by atoms with E-state index in [0.29, 0.717) is 6.54 Å². The van der Waals surface area contributed by atoms with E-state index in [1.54, 1.807) is 30.3 Å². The van der Waals surface area contributed by atoms with Gasteiger partial charge in [0.15, 0.2) is 5.96 Å². The molecule has 0 aliphatic heterocycles. The second-order valence-electron chi connectivity index (χ2n) is 7.29. The average Bonchev–Trinajstić information content (AvgIpc) is 3.21. The molecule has 1 aromatic carbocycles. The first-order chi connectivity index (χ1) is 13.9. The third-order valence-corrected chi connectivity index (χ3v) is 5.52. The van der Waals surface area contributed by atoms with Gasteiger partial charge in [-0.3, -0.25) is 9.79 Å². The number of hydrogen-bond donors (Lipinski definition) is 2. The standard InChI is InChI=1S/C22H33N5OS/c1-6-23-22(25-16-19(26(2)3)20-11-8-14-29-20)24-13-12-17-9-7-10-18(15-17)21(28)27(4)5/h7-11,14-15,19H,6,12-13,16H2,1-5H3,(H2,23,24,25). The van der Waals surface area contributed by atoms with Gasteiger partial charge in [-0.15, -0.1) is 11.3 Å². The van der Waals surface area contributed by atoms with Gasteiger partial charge in [0, 0.05) is 37.6 Å². The van der Waals surface area contributed by atoms with Crippen LogP contribution in [0.15, 0.2) is 46.8 Å². The van der Waals surface area contributed by atoms with Gasteiger partial charge in [-0.2, -0.15) is 0 Å². The molecule has 0 radical (unpaired) electrons. The van der Waals surface area contributed by atoms with Gasteiger partial charge in [0.25, 0.3) is 5.91 Å². The van der Waals surface area contributed by atoms with Crippen LogP contribution in [0.4, 0.5) is 0 Å². The molecule has 0 aliphatic rings. The number of hydrogen-bond acceptors (Lipinski definition) is 4. The number of carbonyl (C=O) groups excluding carboxylic acids is 1. The maximum absolute atomic E-state index is 12.1. The zero-order valence-corrected chi connectivity index (χ0v) is 18.9. The van der Waals surface area contributed by atoms with Crippen LogP contribution in [0.2, 0.25) is 0 Å². The molecule has 7 heteroatoms. The predicted molar refractivity (Wildman–Crippen MR) is 123 cm³/mol. The van der Waals surface area contributed by atoms with Crippen LogP contribution in [0, 0.1) is 0 Å². The van der Waals surface area contributed by atoms with E-state index in [4.69, 9.17) is 4.99 Å². The molecule has 0 spiro atoms. The first kappa shape index (κ1) is 22.9. The van der Waals surface area contributed by atoms with Gasteiger partial charge in [0.1, 0.15) is 0 Å². The van der Waals surface area contributed by atoms with Crippen molar-refractivity contribution in [2.24, 2.45) is 4.99 Å². The number of amides is 1. The minimum absolute atomic E-state index is 0.0259. The zero-order valence-electron chi connectivity index (χ0n) is 18.1. The maximum Gasteiger partial charge on any atom is 0.253 e. The van der Waals surface area contributed by atoms with Crippen molar-refractivity contribution in [3.8, 4) is 0 Å². The van der Waals surface area contributed by atoms with E-state index < -0.39 is 0 Å². The Labute approximate surface area is 178 Å². The molecule has 0 saturated heterocycles. The van der Waals surface area contributed by atoms with Gasteiger partial charge in [-0.1, -0.05) is 18.2 Å². The molecular weight excluding hydrogens is 382 g/mol. The lowest BCUT2D eigenvalue weighted by Crippen LogP contribution is -2.39. The number of aliphatic imine (C=N–C) groups is 1. The van der Waals surface area contributed by atoms with Crippen molar-refractivity contribution >= 4 is 23.2 Å². The lowest BCUT2D eigenvalue weighted by atomic mass is 10.1. The summed E-state index contributed by atoms with van der Waals surface area (Å²) in [5.74, 6) is 0.842. The molecule has 0 bridgehead atoms. The highest BCUT2D eigenvalue weighted by Crippen LogP contribution is 2.23. The third kappa shape index (κ3) is 7.18. The van der Waals surface area contributed by atoms with Crippen LogP contribution < -0.4 is 10.6 Å². The summed E-state index contributed by atoms with van der Waals surface area (Å²) in [5, 5.41) is 8.83. The molecule has 2 rings (SSSR count). The molecule has 0 aliphatic carbocycles. The van der Waals surface area contributed by atoms with Gasteiger partial charge in [0.05, 0.1) is 12.6 Å². The van der Waals surface area contributed by atoms with Gasteiger partial charge in [-0.05, 0) is 56.6 Å². The number of rotatable bonds is 9. The van der Waals surface area contributed by atoms with Crippen molar-refractivity contribution in [1.82, 2.24) is 20.4 Å². The Kier molecular flexibility index (Phi) is 9.15. The van der Waals surface area contributed by atoms with Gasteiger partial charge in [-0.25, -0.2) is 0 Å². The minimum atomic E-state index is 0.0259. The largest absolute Gasteiger partial charge is 0.357 e. The minimum Gasteiger partial charge on any atom is -0.357 e. The predicted octanol–water partition coefficient (Wildman–Crippen LogP) is 2.85. The number of guanidine groups is 1. The Hall–Kier alpha value is -2.38. The fraction of sp³-hybridized carbons (Fsp3) is 0.455. The summed E-state index contributed by atoms with van der Waals surface area (Å²) in [7, 11) is 7.71.